The quantitative estimate of drug-likeness (QED) is 0.166. The summed E-state index contributed by atoms with van der Waals surface area (Å²) in [7, 11) is 0. The van der Waals surface area contributed by atoms with E-state index in [4.69, 9.17) is 4.74 Å². The number of anilines is 3. The number of ether oxygens (including phenoxy) is 1. The number of fused-ring (bicyclic) bond motifs is 12. The van der Waals surface area contributed by atoms with E-state index in [2.05, 4.69) is 254 Å². The monoisotopic (exact) mass is 815 g/mol. The Labute approximate surface area is 374 Å². The Balaban J connectivity index is 0.947. The summed E-state index contributed by atoms with van der Waals surface area (Å²) in [5.41, 5.74) is 19.7. The SMILES string of the molecule is c1ccc(N(c2ccc(-c3ccc4c(c3)-c3ccccc3C4(c3ccccc3)c3ccccc3)cc2)c2ccc3c(c2)C2(c4ccccc4O3)c3ccccc3-c3ccccc32)cc1. The van der Waals surface area contributed by atoms with Crippen molar-refractivity contribution in [1.29, 1.82) is 0 Å². The lowest BCUT2D eigenvalue weighted by atomic mass is 9.66. The summed E-state index contributed by atoms with van der Waals surface area (Å²) >= 11 is 0. The van der Waals surface area contributed by atoms with Crippen LogP contribution in [0, 0.1) is 0 Å². The Bertz CT molecular complexity index is 3320. The fourth-order valence-electron chi connectivity index (χ4n) is 11.4. The van der Waals surface area contributed by atoms with Gasteiger partial charge in [0.2, 0.25) is 0 Å². The predicted molar refractivity (Wildman–Crippen MR) is 261 cm³/mol. The molecule has 1 spiro atoms. The van der Waals surface area contributed by atoms with Gasteiger partial charge in [-0.3, -0.25) is 0 Å². The Morgan fingerprint density at radius 1 is 0.266 bits per heavy atom. The molecule has 10 aromatic carbocycles. The minimum atomic E-state index is -0.551. The Morgan fingerprint density at radius 3 is 1.33 bits per heavy atom. The molecule has 3 aliphatic rings. The van der Waals surface area contributed by atoms with Crippen molar-refractivity contribution in [3.05, 3.63) is 293 Å². The second kappa shape index (κ2) is 14.2. The normalized spacial score (nSPS) is 14.0. The molecule has 0 unspecified atom stereocenters. The highest BCUT2D eigenvalue weighted by Crippen LogP contribution is 2.63. The fourth-order valence-corrected chi connectivity index (χ4v) is 11.4. The molecule has 2 nitrogen and oxygen atoms in total. The van der Waals surface area contributed by atoms with Crippen molar-refractivity contribution < 1.29 is 4.74 Å². The van der Waals surface area contributed by atoms with E-state index >= 15 is 0 Å². The third-order valence-corrected chi connectivity index (χ3v) is 14.0. The molecule has 0 N–H and O–H groups in total. The summed E-state index contributed by atoms with van der Waals surface area (Å²) in [6, 6.07) is 91.0. The van der Waals surface area contributed by atoms with E-state index in [9.17, 15) is 0 Å². The average molecular weight is 816 g/mol. The maximum atomic E-state index is 6.80. The molecule has 0 saturated carbocycles. The van der Waals surface area contributed by atoms with Gasteiger partial charge in [-0.25, -0.2) is 0 Å². The first-order chi connectivity index (χ1) is 31.7. The number of nitrogens with zero attached hydrogens (tertiary/aromatic N) is 1. The van der Waals surface area contributed by atoms with Gasteiger partial charge in [-0.2, -0.15) is 0 Å². The molecule has 0 amide bonds. The first-order valence-electron chi connectivity index (χ1n) is 22.2. The summed E-state index contributed by atoms with van der Waals surface area (Å²) in [5.74, 6) is 1.77. The standard InChI is InChI=1S/C62H41NO/c1-4-18-44(19-5-1)61(45-20-6-2-7-21-45)53-27-13-12-26-51(53)52-40-43(34-38-56(52)61)42-32-35-47(36-33-42)63(46-22-8-3-9-23-46)48-37-39-60-58(41-48)62(57-30-16-17-31-59(57)64-60)54-28-14-10-24-49(54)50-25-11-15-29-55(50)62/h1-41H. The molecule has 0 atom stereocenters. The maximum Gasteiger partial charge on any atom is 0.132 e. The largest absolute Gasteiger partial charge is 0.457 e. The van der Waals surface area contributed by atoms with Gasteiger partial charge in [0.25, 0.3) is 0 Å². The Hall–Kier alpha value is -8.20. The van der Waals surface area contributed by atoms with E-state index < -0.39 is 10.8 Å². The van der Waals surface area contributed by atoms with Crippen molar-refractivity contribution in [2.75, 3.05) is 4.90 Å². The molecule has 0 bridgehead atoms. The van der Waals surface area contributed by atoms with Crippen LogP contribution in [0.25, 0.3) is 33.4 Å². The second-order valence-electron chi connectivity index (χ2n) is 17.1. The molecule has 1 aliphatic heterocycles. The van der Waals surface area contributed by atoms with Gasteiger partial charge in [0, 0.05) is 28.2 Å². The zero-order valence-corrected chi connectivity index (χ0v) is 35.0. The Morgan fingerprint density at radius 2 is 0.703 bits per heavy atom. The van der Waals surface area contributed by atoms with Crippen molar-refractivity contribution in [2.45, 2.75) is 10.8 Å². The molecule has 0 saturated heterocycles. The summed E-state index contributed by atoms with van der Waals surface area (Å²) in [6.45, 7) is 0. The Kier molecular flexibility index (Phi) is 8.07. The van der Waals surface area contributed by atoms with E-state index in [1.807, 2.05) is 0 Å². The highest BCUT2D eigenvalue weighted by Gasteiger charge is 2.51. The van der Waals surface area contributed by atoms with Crippen LogP contribution in [0.4, 0.5) is 17.1 Å². The number of para-hydroxylation sites is 2. The third-order valence-electron chi connectivity index (χ3n) is 14.0. The summed E-state index contributed by atoms with van der Waals surface area (Å²) in [6.07, 6.45) is 0. The molecular formula is C62H41NO. The van der Waals surface area contributed by atoms with E-state index in [1.165, 1.54) is 66.8 Å². The van der Waals surface area contributed by atoms with Crippen molar-refractivity contribution >= 4 is 17.1 Å². The first kappa shape index (κ1) is 36.5. The maximum absolute atomic E-state index is 6.80. The van der Waals surface area contributed by atoms with Crippen LogP contribution < -0.4 is 9.64 Å². The molecule has 2 aliphatic carbocycles. The molecule has 0 aromatic heterocycles. The molecule has 13 rings (SSSR count). The predicted octanol–water partition coefficient (Wildman–Crippen LogP) is 15.7. The third kappa shape index (κ3) is 5.08. The molecule has 64 heavy (non-hydrogen) atoms. The van der Waals surface area contributed by atoms with Crippen LogP contribution in [-0.2, 0) is 10.8 Å². The molecule has 10 aromatic rings. The van der Waals surface area contributed by atoms with Gasteiger partial charge >= 0.3 is 0 Å². The van der Waals surface area contributed by atoms with Gasteiger partial charge in [-0.15, -0.1) is 0 Å². The summed E-state index contributed by atoms with van der Waals surface area (Å²) < 4.78 is 6.80. The molecular weight excluding hydrogens is 775 g/mol. The zero-order valence-electron chi connectivity index (χ0n) is 35.0. The zero-order chi connectivity index (χ0) is 42.2. The number of hydrogen-bond donors (Lipinski definition) is 0. The van der Waals surface area contributed by atoms with Crippen LogP contribution in [0.1, 0.15) is 44.5 Å². The van der Waals surface area contributed by atoms with Crippen molar-refractivity contribution in [1.82, 2.24) is 0 Å². The summed E-state index contributed by atoms with van der Waals surface area (Å²) in [5, 5.41) is 0. The van der Waals surface area contributed by atoms with E-state index in [0.29, 0.717) is 0 Å². The van der Waals surface area contributed by atoms with E-state index in [1.54, 1.807) is 0 Å². The van der Waals surface area contributed by atoms with Gasteiger partial charge in [-0.05, 0) is 121 Å². The highest BCUT2D eigenvalue weighted by molar-refractivity contribution is 5.91. The molecule has 0 radical (unpaired) electrons. The topological polar surface area (TPSA) is 12.5 Å². The molecule has 300 valence electrons. The first-order valence-corrected chi connectivity index (χ1v) is 22.2. The van der Waals surface area contributed by atoms with Gasteiger partial charge in [-0.1, -0.05) is 194 Å². The number of rotatable bonds is 6. The van der Waals surface area contributed by atoms with E-state index in [0.717, 1.165) is 39.7 Å². The fraction of sp³-hybridized carbons (Fsp3) is 0.0323. The van der Waals surface area contributed by atoms with Gasteiger partial charge in [0.15, 0.2) is 0 Å². The van der Waals surface area contributed by atoms with Crippen LogP contribution in [0.3, 0.4) is 0 Å². The van der Waals surface area contributed by atoms with Crippen LogP contribution in [-0.4, -0.2) is 0 Å². The minimum absolute atomic E-state index is 0.420. The molecule has 0 fully saturated rings. The lowest BCUT2D eigenvalue weighted by molar-refractivity contribution is 0.436. The smallest absolute Gasteiger partial charge is 0.132 e. The highest BCUT2D eigenvalue weighted by atomic mass is 16.5. The molecule has 2 heteroatoms. The van der Waals surface area contributed by atoms with Gasteiger partial charge < -0.3 is 9.64 Å². The van der Waals surface area contributed by atoms with Crippen molar-refractivity contribution in [3.8, 4) is 44.9 Å². The van der Waals surface area contributed by atoms with Crippen molar-refractivity contribution in [2.24, 2.45) is 0 Å². The minimum Gasteiger partial charge on any atom is -0.457 e. The number of benzene rings is 10. The van der Waals surface area contributed by atoms with Crippen molar-refractivity contribution in [3.63, 3.8) is 0 Å². The van der Waals surface area contributed by atoms with Gasteiger partial charge in [0.05, 0.1) is 10.8 Å². The van der Waals surface area contributed by atoms with E-state index in [-0.39, 0.29) is 0 Å². The van der Waals surface area contributed by atoms with Crippen LogP contribution in [0.5, 0.6) is 11.5 Å². The number of hydrogen-bond acceptors (Lipinski definition) is 2. The van der Waals surface area contributed by atoms with Crippen LogP contribution in [0.2, 0.25) is 0 Å². The van der Waals surface area contributed by atoms with Gasteiger partial charge in [0.1, 0.15) is 11.5 Å². The van der Waals surface area contributed by atoms with Crippen LogP contribution in [0.15, 0.2) is 249 Å². The lowest BCUT2D eigenvalue weighted by Gasteiger charge is -2.40. The molecule has 1 heterocycles. The second-order valence-corrected chi connectivity index (χ2v) is 17.1. The van der Waals surface area contributed by atoms with Crippen LogP contribution >= 0.6 is 0 Å². The average Bonchev–Trinajstić information content (AvgIpc) is 3.84. The summed E-state index contributed by atoms with van der Waals surface area (Å²) in [4.78, 5) is 2.37. The lowest BCUT2D eigenvalue weighted by Crippen LogP contribution is -2.32.